The Bertz CT molecular complexity index is 1090. The maximum Gasteiger partial charge on any atom is 0.275 e. The summed E-state index contributed by atoms with van der Waals surface area (Å²) in [5, 5.41) is 7.26. The van der Waals surface area contributed by atoms with Crippen molar-refractivity contribution < 1.29 is 9.53 Å². The van der Waals surface area contributed by atoms with Gasteiger partial charge in [-0.1, -0.05) is 36.8 Å². The van der Waals surface area contributed by atoms with Crippen molar-refractivity contribution in [3.63, 3.8) is 0 Å². The molecule has 0 saturated carbocycles. The van der Waals surface area contributed by atoms with Crippen molar-refractivity contribution in [2.24, 2.45) is 0 Å². The van der Waals surface area contributed by atoms with E-state index in [-0.39, 0.29) is 11.7 Å². The van der Waals surface area contributed by atoms with Gasteiger partial charge in [0.25, 0.3) is 5.91 Å². The van der Waals surface area contributed by atoms with Crippen LogP contribution < -0.4 is 15.5 Å². The molecule has 0 unspecified atom stereocenters. The van der Waals surface area contributed by atoms with Gasteiger partial charge in [0.1, 0.15) is 5.75 Å². The zero-order valence-electron chi connectivity index (χ0n) is 18.2. The first kappa shape index (κ1) is 21.8. The minimum absolute atomic E-state index is 0.0629. The Morgan fingerprint density at radius 1 is 1.03 bits per heavy atom. The minimum Gasteiger partial charge on any atom is -0.497 e. The molecule has 0 aliphatic carbocycles. The van der Waals surface area contributed by atoms with E-state index < -0.39 is 11.3 Å². The molecule has 32 heavy (non-hydrogen) atoms. The molecular formula is C25H28N4O3. The highest BCUT2D eigenvalue weighted by molar-refractivity contribution is 5.92. The number of benzene rings is 2. The third kappa shape index (κ3) is 5.06. The maximum atomic E-state index is 12.9. The van der Waals surface area contributed by atoms with Crippen LogP contribution >= 0.6 is 0 Å². The van der Waals surface area contributed by atoms with Gasteiger partial charge in [0, 0.05) is 18.8 Å². The number of carbonyl (C=O) groups excluding carboxylic acids is 1. The summed E-state index contributed by atoms with van der Waals surface area (Å²) in [4.78, 5) is 27.7. The highest BCUT2D eigenvalue weighted by atomic mass is 16.5. The van der Waals surface area contributed by atoms with Crippen molar-refractivity contribution >= 4 is 5.91 Å². The normalized spacial score (nSPS) is 15.2. The highest BCUT2D eigenvalue weighted by Gasteiger charge is 2.24. The number of rotatable bonds is 7. The number of methoxy groups -OCH3 is 1. The van der Waals surface area contributed by atoms with Gasteiger partial charge in [-0.2, -0.15) is 5.10 Å². The number of piperidine rings is 1. The molecule has 1 aliphatic rings. The van der Waals surface area contributed by atoms with E-state index in [1.165, 1.54) is 17.2 Å². The lowest BCUT2D eigenvalue weighted by Gasteiger charge is -2.35. The number of likely N-dealkylation sites (tertiary alicyclic amines) is 1. The average molecular weight is 433 g/mol. The number of hydrogen-bond donors (Lipinski definition) is 1. The maximum absolute atomic E-state index is 12.9. The molecule has 0 spiro atoms. The fourth-order valence-corrected chi connectivity index (χ4v) is 4.08. The molecule has 1 N–H and O–H groups in total. The Labute approximate surface area is 187 Å². The average Bonchev–Trinajstić information content (AvgIpc) is 2.86. The number of carbonyl (C=O) groups is 1. The van der Waals surface area contributed by atoms with Crippen LogP contribution in [0.5, 0.6) is 5.75 Å². The third-order valence-corrected chi connectivity index (χ3v) is 5.83. The van der Waals surface area contributed by atoms with Crippen molar-refractivity contribution in [3.8, 4) is 11.4 Å². The van der Waals surface area contributed by atoms with Crippen LogP contribution in [0.15, 0.2) is 71.7 Å². The van der Waals surface area contributed by atoms with Crippen molar-refractivity contribution in [3.05, 3.63) is 88.3 Å². The van der Waals surface area contributed by atoms with E-state index >= 15 is 0 Å². The predicted molar refractivity (Wildman–Crippen MR) is 123 cm³/mol. The van der Waals surface area contributed by atoms with Gasteiger partial charge in [0.05, 0.1) is 18.8 Å². The zero-order chi connectivity index (χ0) is 22.3. The molecule has 1 fully saturated rings. The summed E-state index contributed by atoms with van der Waals surface area (Å²) in [6.07, 6.45) is 5.11. The van der Waals surface area contributed by atoms with E-state index in [4.69, 9.17) is 4.74 Å². The van der Waals surface area contributed by atoms with Gasteiger partial charge in [-0.05, 0) is 55.8 Å². The van der Waals surface area contributed by atoms with Gasteiger partial charge >= 0.3 is 0 Å². The topological polar surface area (TPSA) is 76.5 Å². The Kier molecular flexibility index (Phi) is 6.97. The van der Waals surface area contributed by atoms with Crippen LogP contribution in [0.3, 0.4) is 0 Å². The molecule has 1 saturated heterocycles. The first-order valence-corrected chi connectivity index (χ1v) is 11.0. The van der Waals surface area contributed by atoms with E-state index in [1.54, 1.807) is 25.4 Å². The van der Waals surface area contributed by atoms with Crippen LogP contribution in [0.2, 0.25) is 0 Å². The summed E-state index contributed by atoms with van der Waals surface area (Å²) in [5.41, 5.74) is 1.37. The monoisotopic (exact) mass is 432 g/mol. The Balaban J connectivity index is 1.52. The summed E-state index contributed by atoms with van der Waals surface area (Å²) in [6.45, 7) is 2.42. The van der Waals surface area contributed by atoms with Crippen molar-refractivity contribution in [1.29, 1.82) is 0 Å². The van der Waals surface area contributed by atoms with E-state index in [2.05, 4.69) is 27.4 Å². The van der Waals surface area contributed by atoms with Crippen LogP contribution in [0.1, 0.15) is 41.4 Å². The van der Waals surface area contributed by atoms with Crippen LogP contribution in [-0.2, 0) is 0 Å². The molecule has 4 rings (SSSR count). The number of ether oxygens (including phenoxy) is 1. The number of nitrogens with one attached hydrogen (secondary N) is 1. The summed E-state index contributed by atoms with van der Waals surface area (Å²) in [5.74, 6) is 0.258. The van der Waals surface area contributed by atoms with Gasteiger partial charge in [0.15, 0.2) is 5.69 Å². The largest absolute Gasteiger partial charge is 0.497 e. The molecule has 2 aromatic carbocycles. The molecule has 166 valence electrons. The van der Waals surface area contributed by atoms with E-state index in [1.807, 2.05) is 30.3 Å². The second-order valence-electron chi connectivity index (χ2n) is 7.90. The van der Waals surface area contributed by atoms with Crippen LogP contribution in [0, 0.1) is 0 Å². The Morgan fingerprint density at radius 3 is 2.44 bits per heavy atom. The Morgan fingerprint density at radius 2 is 1.75 bits per heavy atom. The molecule has 2 heterocycles. The summed E-state index contributed by atoms with van der Waals surface area (Å²) in [7, 11) is 1.60. The van der Waals surface area contributed by atoms with Crippen LogP contribution in [-0.4, -0.2) is 47.3 Å². The standard InChI is InChI=1S/C25H28N4O3/c1-32-21-12-10-20(11-13-21)29-17-14-23(30)24(27-29)25(31)26-18-22(19-8-4-2-5-9-19)28-15-6-3-7-16-28/h2,4-5,8-14,17,22H,3,6-7,15-16,18H2,1H3,(H,26,31)/t22-/m0/s1. The van der Waals surface area contributed by atoms with E-state index in [9.17, 15) is 9.59 Å². The van der Waals surface area contributed by atoms with Crippen molar-refractivity contribution in [2.45, 2.75) is 25.3 Å². The number of hydrogen-bond acceptors (Lipinski definition) is 5. The number of amides is 1. The fourth-order valence-electron chi connectivity index (χ4n) is 4.08. The minimum atomic E-state index is -0.462. The van der Waals surface area contributed by atoms with Crippen molar-refractivity contribution in [1.82, 2.24) is 20.0 Å². The van der Waals surface area contributed by atoms with E-state index in [0.717, 1.165) is 42.9 Å². The lowest BCUT2D eigenvalue weighted by Crippen LogP contribution is -2.41. The SMILES string of the molecule is COc1ccc(-n2ccc(=O)c(C(=O)NC[C@@H](c3ccccc3)N3CCCCC3)n2)cc1. The number of nitrogens with zero attached hydrogens (tertiary/aromatic N) is 3. The molecule has 3 aromatic rings. The van der Waals surface area contributed by atoms with E-state index in [0.29, 0.717) is 6.54 Å². The summed E-state index contributed by atoms with van der Waals surface area (Å²) < 4.78 is 6.70. The first-order valence-electron chi connectivity index (χ1n) is 11.0. The van der Waals surface area contributed by atoms with Gasteiger partial charge < -0.3 is 10.1 Å². The predicted octanol–water partition coefficient (Wildman–Crippen LogP) is 3.20. The second-order valence-corrected chi connectivity index (χ2v) is 7.90. The van der Waals surface area contributed by atoms with Gasteiger partial charge in [-0.25, -0.2) is 4.68 Å². The molecular weight excluding hydrogens is 404 g/mol. The molecule has 1 amide bonds. The first-order chi connectivity index (χ1) is 15.7. The summed E-state index contributed by atoms with van der Waals surface area (Å²) >= 11 is 0. The lowest BCUT2D eigenvalue weighted by molar-refractivity contribution is 0.0916. The zero-order valence-corrected chi connectivity index (χ0v) is 18.2. The highest BCUT2D eigenvalue weighted by Crippen LogP contribution is 2.24. The quantitative estimate of drug-likeness (QED) is 0.621. The molecule has 0 bridgehead atoms. The fraction of sp³-hybridized carbons (Fsp3) is 0.320. The smallest absolute Gasteiger partial charge is 0.275 e. The molecule has 1 aliphatic heterocycles. The molecule has 0 radical (unpaired) electrons. The molecule has 7 nitrogen and oxygen atoms in total. The second kappa shape index (κ2) is 10.2. The third-order valence-electron chi connectivity index (χ3n) is 5.83. The molecule has 1 aromatic heterocycles. The van der Waals surface area contributed by atoms with Gasteiger partial charge in [0.2, 0.25) is 5.43 Å². The van der Waals surface area contributed by atoms with Gasteiger partial charge in [-0.3, -0.25) is 14.5 Å². The molecule has 7 heteroatoms. The van der Waals surface area contributed by atoms with Crippen LogP contribution in [0.25, 0.3) is 5.69 Å². The summed E-state index contributed by atoms with van der Waals surface area (Å²) in [6, 6.07) is 18.9. The van der Waals surface area contributed by atoms with Crippen LogP contribution in [0.4, 0.5) is 0 Å². The molecule has 1 atom stereocenters. The van der Waals surface area contributed by atoms with Gasteiger partial charge in [-0.15, -0.1) is 0 Å². The van der Waals surface area contributed by atoms with Crippen molar-refractivity contribution in [2.75, 3.05) is 26.7 Å². The number of aromatic nitrogens is 2. The Hall–Kier alpha value is -3.45. The lowest BCUT2D eigenvalue weighted by atomic mass is 10.0.